The van der Waals surface area contributed by atoms with E-state index in [0.29, 0.717) is 19.3 Å². The molecule has 0 aliphatic carbocycles. The van der Waals surface area contributed by atoms with Crippen molar-refractivity contribution in [1.29, 1.82) is 0 Å². The molecule has 0 aromatic rings. The number of hydrogen-bond donors (Lipinski definition) is 0. The molecule has 0 saturated heterocycles. The first-order valence-electron chi connectivity index (χ1n) is 23.1. The van der Waals surface area contributed by atoms with Crippen LogP contribution < -0.4 is 0 Å². The quantitative estimate of drug-likeness (QED) is 0.0352. The van der Waals surface area contributed by atoms with Crippen LogP contribution in [0, 0.1) is 17.8 Å². The maximum Gasteiger partial charge on any atom is 0.306 e. The molecule has 0 aromatic carbocycles. The van der Waals surface area contributed by atoms with Crippen LogP contribution in [-0.4, -0.2) is 37.2 Å². The minimum Gasteiger partial charge on any atom is -0.462 e. The van der Waals surface area contributed by atoms with Crippen molar-refractivity contribution in [2.75, 3.05) is 13.2 Å². The van der Waals surface area contributed by atoms with Crippen LogP contribution in [0.3, 0.4) is 0 Å². The van der Waals surface area contributed by atoms with E-state index in [1.165, 1.54) is 128 Å². The summed E-state index contributed by atoms with van der Waals surface area (Å²) in [6.07, 6.45) is 35.2. The minimum absolute atomic E-state index is 0.0667. The van der Waals surface area contributed by atoms with Gasteiger partial charge in [-0.25, -0.2) is 0 Å². The summed E-state index contributed by atoms with van der Waals surface area (Å²) < 4.78 is 16.7. The molecular formula is C47H90O6. The third kappa shape index (κ3) is 39.9. The molecule has 2 atom stereocenters. The van der Waals surface area contributed by atoms with Crippen molar-refractivity contribution in [1.82, 2.24) is 0 Å². The first-order valence-corrected chi connectivity index (χ1v) is 23.1. The van der Waals surface area contributed by atoms with Gasteiger partial charge in [0.1, 0.15) is 13.2 Å². The van der Waals surface area contributed by atoms with E-state index in [1.54, 1.807) is 0 Å². The van der Waals surface area contributed by atoms with Gasteiger partial charge in [0.15, 0.2) is 6.10 Å². The molecule has 0 N–H and O–H groups in total. The largest absolute Gasteiger partial charge is 0.462 e. The predicted octanol–water partition coefficient (Wildman–Crippen LogP) is 14.4. The van der Waals surface area contributed by atoms with Crippen molar-refractivity contribution in [3.63, 3.8) is 0 Å². The predicted molar refractivity (Wildman–Crippen MR) is 224 cm³/mol. The van der Waals surface area contributed by atoms with Gasteiger partial charge in [-0.2, -0.15) is 0 Å². The zero-order valence-electron chi connectivity index (χ0n) is 36.3. The first-order chi connectivity index (χ1) is 25.6. The maximum atomic E-state index is 12.7. The maximum absolute atomic E-state index is 12.7. The molecule has 0 aliphatic rings. The van der Waals surface area contributed by atoms with Crippen molar-refractivity contribution in [3.05, 3.63) is 0 Å². The smallest absolute Gasteiger partial charge is 0.306 e. The highest BCUT2D eigenvalue weighted by Crippen LogP contribution is 2.17. The summed E-state index contributed by atoms with van der Waals surface area (Å²) in [5.41, 5.74) is 0. The van der Waals surface area contributed by atoms with Gasteiger partial charge in [0.05, 0.1) is 0 Å². The summed E-state index contributed by atoms with van der Waals surface area (Å²) >= 11 is 0. The number of unbranched alkanes of at least 4 members (excludes halogenated alkanes) is 22. The van der Waals surface area contributed by atoms with Crippen LogP contribution in [0.15, 0.2) is 0 Å². The molecule has 53 heavy (non-hydrogen) atoms. The molecule has 6 nitrogen and oxygen atoms in total. The van der Waals surface area contributed by atoms with Gasteiger partial charge in [-0.15, -0.1) is 0 Å². The Morgan fingerprint density at radius 1 is 0.377 bits per heavy atom. The fourth-order valence-electron chi connectivity index (χ4n) is 6.85. The van der Waals surface area contributed by atoms with Crippen LogP contribution in [0.4, 0.5) is 0 Å². The highest BCUT2D eigenvalue weighted by Gasteiger charge is 2.19. The zero-order chi connectivity index (χ0) is 39.2. The second kappa shape index (κ2) is 38.7. The fourth-order valence-corrected chi connectivity index (χ4v) is 6.85. The molecule has 0 radical (unpaired) electrons. The van der Waals surface area contributed by atoms with Crippen molar-refractivity contribution in [2.24, 2.45) is 17.8 Å². The van der Waals surface area contributed by atoms with Gasteiger partial charge in [0.2, 0.25) is 0 Å². The number of carbonyl (C=O) groups is 3. The number of carbonyl (C=O) groups excluding carboxylic acids is 3. The van der Waals surface area contributed by atoms with E-state index in [9.17, 15) is 14.4 Å². The van der Waals surface area contributed by atoms with E-state index in [-0.39, 0.29) is 31.1 Å². The third-order valence-electron chi connectivity index (χ3n) is 10.8. The van der Waals surface area contributed by atoms with Crippen LogP contribution in [0.25, 0.3) is 0 Å². The van der Waals surface area contributed by atoms with Crippen LogP contribution in [0.2, 0.25) is 0 Å². The lowest BCUT2D eigenvalue weighted by Gasteiger charge is -2.18. The molecule has 0 bridgehead atoms. The second-order valence-corrected chi connectivity index (χ2v) is 17.2. The lowest BCUT2D eigenvalue weighted by molar-refractivity contribution is -0.167. The van der Waals surface area contributed by atoms with Crippen molar-refractivity contribution < 1.29 is 28.6 Å². The monoisotopic (exact) mass is 751 g/mol. The standard InChI is InChI=1S/C47H90O6/c1-7-43(6)35-29-23-19-20-25-31-37-46(49)52-40-44(39-51-45(48)36-30-24-17-14-10-12-16-22-28-34-42(4)5)53-47(50)38-32-26-18-13-9-8-11-15-21-27-33-41(2)3/h41-44H,7-40H2,1-6H3/t43?,44-/m0/s1. The molecule has 314 valence electrons. The van der Waals surface area contributed by atoms with E-state index in [1.807, 2.05) is 0 Å². The average molecular weight is 751 g/mol. The number of rotatable bonds is 40. The Morgan fingerprint density at radius 3 is 0.981 bits per heavy atom. The van der Waals surface area contributed by atoms with E-state index < -0.39 is 6.10 Å². The first kappa shape index (κ1) is 51.4. The van der Waals surface area contributed by atoms with E-state index in [4.69, 9.17) is 14.2 Å². The number of esters is 3. The lowest BCUT2D eigenvalue weighted by atomic mass is 10.00. The van der Waals surface area contributed by atoms with Crippen LogP contribution in [-0.2, 0) is 28.6 Å². The van der Waals surface area contributed by atoms with Crippen LogP contribution in [0.1, 0.15) is 247 Å². The van der Waals surface area contributed by atoms with Gasteiger partial charge in [0, 0.05) is 19.3 Å². The molecule has 0 amide bonds. The molecule has 0 heterocycles. The highest BCUT2D eigenvalue weighted by atomic mass is 16.6. The Kier molecular flexibility index (Phi) is 37.5. The van der Waals surface area contributed by atoms with Gasteiger partial charge < -0.3 is 14.2 Å². The Morgan fingerprint density at radius 2 is 0.660 bits per heavy atom. The molecule has 0 spiro atoms. The van der Waals surface area contributed by atoms with E-state index in [2.05, 4.69) is 41.5 Å². The summed E-state index contributed by atoms with van der Waals surface area (Å²) in [7, 11) is 0. The number of hydrogen-bond acceptors (Lipinski definition) is 6. The van der Waals surface area contributed by atoms with E-state index in [0.717, 1.165) is 75.5 Å². The molecule has 0 fully saturated rings. The van der Waals surface area contributed by atoms with Gasteiger partial charge in [-0.05, 0) is 37.0 Å². The summed E-state index contributed by atoms with van der Waals surface area (Å²) in [5.74, 6) is 1.57. The van der Waals surface area contributed by atoms with Crippen LogP contribution in [0.5, 0.6) is 0 Å². The van der Waals surface area contributed by atoms with Gasteiger partial charge >= 0.3 is 17.9 Å². The van der Waals surface area contributed by atoms with Crippen molar-refractivity contribution >= 4 is 17.9 Å². The molecule has 6 heteroatoms. The molecular weight excluding hydrogens is 661 g/mol. The molecule has 0 aromatic heterocycles. The summed E-state index contributed by atoms with van der Waals surface area (Å²) in [6.45, 7) is 13.6. The Hall–Kier alpha value is -1.59. The van der Waals surface area contributed by atoms with Crippen LogP contribution >= 0.6 is 0 Å². The van der Waals surface area contributed by atoms with Crippen molar-refractivity contribution in [3.8, 4) is 0 Å². The molecule has 0 saturated carbocycles. The summed E-state index contributed by atoms with van der Waals surface area (Å²) in [4.78, 5) is 37.7. The zero-order valence-corrected chi connectivity index (χ0v) is 36.3. The minimum atomic E-state index is -0.762. The summed E-state index contributed by atoms with van der Waals surface area (Å²) in [6, 6.07) is 0. The van der Waals surface area contributed by atoms with Gasteiger partial charge in [-0.3, -0.25) is 14.4 Å². The molecule has 0 rings (SSSR count). The fraction of sp³-hybridized carbons (Fsp3) is 0.936. The topological polar surface area (TPSA) is 78.9 Å². The van der Waals surface area contributed by atoms with Gasteiger partial charge in [0.25, 0.3) is 0 Å². The second-order valence-electron chi connectivity index (χ2n) is 17.2. The van der Waals surface area contributed by atoms with Crippen molar-refractivity contribution in [2.45, 2.75) is 253 Å². The summed E-state index contributed by atoms with van der Waals surface area (Å²) in [5, 5.41) is 0. The highest BCUT2D eigenvalue weighted by molar-refractivity contribution is 5.71. The normalized spacial score (nSPS) is 12.7. The Balaban J connectivity index is 4.35. The molecule has 1 unspecified atom stereocenters. The number of ether oxygens (including phenoxy) is 3. The molecule has 0 aliphatic heterocycles. The third-order valence-corrected chi connectivity index (χ3v) is 10.8. The SMILES string of the molecule is CCC(C)CCCCCCCCC(=O)OC[C@H](COC(=O)CCCCCCCCCCCC(C)C)OC(=O)CCCCCCCCCCCCC(C)C. The lowest BCUT2D eigenvalue weighted by Crippen LogP contribution is -2.30. The van der Waals surface area contributed by atoms with E-state index >= 15 is 0 Å². The Labute approximate surface area is 329 Å². The Bertz CT molecular complexity index is 824. The van der Waals surface area contributed by atoms with Gasteiger partial charge in [-0.1, -0.05) is 208 Å². The average Bonchev–Trinajstić information content (AvgIpc) is 3.12.